The Labute approximate surface area is 149 Å². The van der Waals surface area contributed by atoms with E-state index >= 15 is 0 Å². The number of benzene rings is 2. The standard InChI is InChI=1S/C18H17ClFNO4/c1-12(13-2-4-14(19)5-3-13)21-17(22)10-25-18(23)11-24-16-8-6-15(20)7-9-16/h2-9,12H,10-11H2,1H3,(H,21,22)/t12-/m1/s1. The highest BCUT2D eigenvalue weighted by Crippen LogP contribution is 2.16. The fraction of sp³-hybridized carbons (Fsp3) is 0.222. The lowest BCUT2D eigenvalue weighted by Gasteiger charge is -2.14. The number of ether oxygens (including phenoxy) is 2. The average Bonchev–Trinajstić information content (AvgIpc) is 2.60. The van der Waals surface area contributed by atoms with Gasteiger partial charge in [-0.25, -0.2) is 9.18 Å². The van der Waals surface area contributed by atoms with Gasteiger partial charge in [-0.1, -0.05) is 23.7 Å². The van der Waals surface area contributed by atoms with E-state index in [9.17, 15) is 14.0 Å². The molecule has 25 heavy (non-hydrogen) atoms. The molecular weight excluding hydrogens is 349 g/mol. The smallest absolute Gasteiger partial charge is 0.344 e. The number of hydrogen-bond donors (Lipinski definition) is 1. The van der Waals surface area contributed by atoms with Crippen LogP contribution in [-0.2, 0) is 14.3 Å². The highest BCUT2D eigenvalue weighted by Gasteiger charge is 2.12. The molecule has 0 unspecified atom stereocenters. The lowest BCUT2D eigenvalue weighted by molar-refractivity contribution is -0.150. The molecule has 132 valence electrons. The van der Waals surface area contributed by atoms with Crippen LogP contribution in [0.1, 0.15) is 18.5 Å². The molecule has 1 N–H and O–H groups in total. The van der Waals surface area contributed by atoms with E-state index in [-0.39, 0.29) is 12.6 Å². The van der Waals surface area contributed by atoms with Crippen LogP contribution in [0.2, 0.25) is 5.02 Å². The van der Waals surface area contributed by atoms with E-state index in [1.807, 2.05) is 0 Å². The van der Waals surface area contributed by atoms with Crippen LogP contribution in [0.3, 0.4) is 0 Å². The number of rotatable bonds is 7. The first-order chi connectivity index (χ1) is 11.9. The largest absolute Gasteiger partial charge is 0.482 e. The van der Waals surface area contributed by atoms with Gasteiger partial charge in [0.05, 0.1) is 6.04 Å². The van der Waals surface area contributed by atoms with Crippen LogP contribution in [0.4, 0.5) is 4.39 Å². The molecule has 2 aromatic carbocycles. The number of nitrogens with one attached hydrogen (secondary N) is 1. The van der Waals surface area contributed by atoms with Crippen molar-refractivity contribution in [1.29, 1.82) is 0 Å². The van der Waals surface area contributed by atoms with Gasteiger partial charge in [0.1, 0.15) is 11.6 Å². The Morgan fingerprint density at radius 3 is 2.36 bits per heavy atom. The second-order valence-corrected chi connectivity index (χ2v) is 5.68. The van der Waals surface area contributed by atoms with Crippen molar-refractivity contribution in [2.24, 2.45) is 0 Å². The molecule has 0 aliphatic heterocycles. The summed E-state index contributed by atoms with van der Waals surface area (Å²) in [6.07, 6.45) is 0. The molecule has 0 radical (unpaired) electrons. The van der Waals surface area contributed by atoms with E-state index in [1.54, 1.807) is 31.2 Å². The van der Waals surface area contributed by atoms with Crippen molar-refractivity contribution in [3.63, 3.8) is 0 Å². The van der Waals surface area contributed by atoms with Crippen LogP contribution in [0.25, 0.3) is 0 Å². The molecule has 0 aliphatic carbocycles. The maximum atomic E-state index is 12.7. The normalized spacial score (nSPS) is 11.5. The fourth-order valence-corrected chi connectivity index (χ4v) is 2.10. The van der Waals surface area contributed by atoms with Crippen molar-refractivity contribution in [3.8, 4) is 5.75 Å². The van der Waals surface area contributed by atoms with Gasteiger partial charge in [-0.3, -0.25) is 4.79 Å². The van der Waals surface area contributed by atoms with Crippen molar-refractivity contribution in [2.45, 2.75) is 13.0 Å². The van der Waals surface area contributed by atoms with Crippen molar-refractivity contribution < 1.29 is 23.5 Å². The molecule has 0 aromatic heterocycles. The molecule has 1 atom stereocenters. The summed E-state index contributed by atoms with van der Waals surface area (Å²) in [6.45, 7) is 1.02. The number of amides is 1. The molecular formula is C18H17ClFNO4. The van der Waals surface area contributed by atoms with Gasteiger partial charge in [-0.2, -0.15) is 0 Å². The molecule has 5 nitrogen and oxygen atoms in total. The Kier molecular flexibility index (Phi) is 6.77. The average molecular weight is 366 g/mol. The second-order valence-electron chi connectivity index (χ2n) is 5.24. The van der Waals surface area contributed by atoms with Crippen molar-refractivity contribution in [3.05, 3.63) is 64.9 Å². The van der Waals surface area contributed by atoms with Gasteiger partial charge >= 0.3 is 5.97 Å². The number of hydrogen-bond acceptors (Lipinski definition) is 4. The van der Waals surface area contributed by atoms with E-state index in [1.165, 1.54) is 24.3 Å². The van der Waals surface area contributed by atoms with E-state index in [0.29, 0.717) is 10.8 Å². The van der Waals surface area contributed by atoms with Gasteiger partial charge in [-0.15, -0.1) is 0 Å². The van der Waals surface area contributed by atoms with Crippen LogP contribution in [0, 0.1) is 5.82 Å². The molecule has 2 rings (SSSR count). The molecule has 1 amide bonds. The molecule has 7 heteroatoms. The van der Waals surface area contributed by atoms with Crippen LogP contribution < -0.4 is 10.1 Å². The Hall–Kier alpha value is -2.60. The lowest BCUT2D eigenvalue weighted by Crippen LogP contribution is -2.31. The van der Waals surface area contributed by atoms with Gasteiger partial charge in [0.2, 0.25) is 0 Å². The first kappa shape index (κ1) is 18.7. The maximum absolute atomic E-state index is 12.7. The number of halogens is 2. The van der Waals surface area contributed by atoms with Gasteiger partial charge in [0.15, 0.2) is 13.2 Å². The predicted molar refractivity (Wildman–Crippen MR) is 90.9 cm³/mol. The van der Waals surface area contributed by atoms with Gasteiger partial charge in [0.25, 0.3) is 5.91 Å². The molecule has 0 heterocycles. The zero-order valence-corrected chi connectivity index (χ0v) is 14.3. The van der Waals surface area contributed by atoms with Crippen LogP contribution in [-0.4, -0.2) is 25.1 Å². The van der Waals surface area contributed by atoms with E-state index in [2.05, 4.69) is 5.32 Å². The monoisotopic (exact) mass is 365 g/mol. The van der Waals surface area contributed by atoms with Crippen molar-refractivity contribution >= 4 is 23.5 Å². The summed E-state index contributed by atoms with van der Waals surface area (Å²) in [6, 6.07) is 12.0. The minimum atomic E-state index is -0.696. The first-order valence-electron chi connectivity index (χ1n) is 7.53. The summed E-state index contributed by atoms with van der Waals surface area (Å²) in [5.41, 5.74) is 0.878. The summed E-state index contributed by atoms with van der Waals surface area (Å²) in [5, 5.41) is 3.32. The summed E-state index contributed by atoms with van der Waals surface area (Å²) in [7, 11) is 0. The quantitative estimate of drug-likeness (QED) is 0.765. The summed E-state index contributed by atoms with van der Waals surface area (Å²) < 4.78 is 22.7. The zero-order chi connectivity index (χ0) is 18.2. The van der Waals surface area contributed by atoms with E-state index in [0.717, 1.165) is 5.56 Å². The number of esters is 1. The molecule has 0 aliphatic rings. The minimum Gasteiger partial charge on any atom is -0.482 e. The third-order valence-corrected chi connectivity index (χ3v) is 3.53. The molecule has 0 saturated carbocycles. The number of carbonyl (C=O) groups excluding carboxylic acids is 2. The third kappa shape index (κ3) is 6.43. The first-order valence-corrected chi connectivity index (χ1v) is 7.90. The number of carbonyl (C=O) groups is 2. The van der Waals surface area contributed by atoms with Crippen LogP contribution in [0.15, 0.2) is 48.5 Å². The lowest BCUT2D eigenvalue weighted by atomic mass is 10.1. The Morgan fingerprint density at radius 2 is 1.72 bits per heavy atom. The summed E-state index contributed by atoms with van der Waals surface area (Å²) in [4.78, 5) is 23.4. The Balaban J connectivity index is 1.70. The minimum absolute atomic E-state index is 0.251. The fourth-order valence-electron chi connectivity index (χ4n) is 1.98. The maximum Gasteiger partial charge on any atom is 0.344 e. The third-order valence-electron chi connectivity index (χ3n) is 3.28. The van der Waals surface area contributed by atoms with Gasteiger partial charge in [0, 0.05) is 5.02 Å². The molecule has 2 aromatic rings. The van der Waals surface area contributed by atoms with Crippen molar-refractivity contribution in [1.82, 2.24) is 5.32 Å². The SMILES string of the molecule is C[C@@H](NC(=O)COC(=O)COc1ccc(F)cc1)c1ccc(Cl)cc1. The second kappa shape index (κ2) is 9.03. The molecule has 0 fully saturated rings. The molecule has 0 bridgehead atoms. The van der Waals surface area contributed by atoms with Crippen LogP contribution in [0.5, 0.6) is 5.75 Å². The highest BCUT2D eigenvalue weighted by atomic mass is 35.5. The Bertz CT molecular complexity index is 719. The highest BCUT2D eigenvalue weighted by molar-refractivity contribution is 6.30. The van der Waals surface area contributed by atoms with Crippen LogP contribution >= 0.6 is 11.6 Å². The predicted octanol–water partition coefficient (Wildman–Crippen LogP) is 3.28. The van der Waals surface area contributed by atoms with E-state index in [4.69, 9.17) is 21.1 Å². The van der Waals surface area contributed by atoms with Gasteiger partial charge < -0.3 is 14.8 Å². The topological polar surface area (TPSA) is 64.6 Å². The molecule has 0 saturated heterocycles. The summed E-state index contributed by atoms with van der Waals surface area (Å²) >= 11 is 5.81. The van der Waals surface area contributed by atoms with E-state index < -0.39 is 24.3 Å². The Morgan fingerprint density at radius 1 is 1.08 bits per heavy atom. The summed E-state index contributed by atoms with van der Waals surface area (Å²) in [5.74, 6) is -1.20. The molecule has 0 spiro atoms. The van der Waals surface area contributed by atoms with Gasteiger partial charge in [-0.05, 0) is 48.9 Å². The van der Waals surface area contributed by atoms with Crippen molar-refractivity contribution in [2.75, 3.05) is 13.2 Å². The zero-order valence-electron chi connectivity index (χ0n) is 13.5.